The van der Waals surface area contributed by atoms with Gasteiger partial charge < -0.3 is 25.2 Å². The van der Waals surface area contributed by atoms with E-state index >= 15 is 0 Å². The average Bonchev–Trinajstić information content (AvgIpc) is 3.02. The van der Waals surface area contributed by atoms with E-state index in [1.54, 1.807) is 12.1 Å². The molecule has 5 atom stereocenters. The Morgan fingerprint density at radius 2 is 2.00 bits per heavy atom. The number of aliphatic hydroxyl groups is 1. The number of anilines is 1. The Hall–Kier alpha value is -1.67. The third-order valence-corrected chi connectivity index (χ3v) is 4.69. The third-order valence-electron chi connectivity index (χ3n) is 4.69. The van der Waals surface area contributed by atoms with E-state index in [9.17, 15) is 9.90 Å². The van der Waals surface area contributed by atoms with E-state index in [4.69, 9.17) is 9.47 Å². The first-order valence-electron chi connectivity index (χ1n) is 8.45. The summed E-state index contributed by atoms with van der Waals surface area (Å²) in [5.41, 5.74) is 0.696. The van der Waals surface area contributed by atoms with Crippen molar-refractivity contribution >= 4 is 11.7 Å². The van der Waals surface area contributed by atoms with E-state index in [0.717, 1.165) is 13.1 Å². The van der Waals surface area contributed by atoms with Crippen molar-refractivity contribution in [1.82, 2.24) is 10.2 Å². The molecule has 3 N–H and O–H groups in total. The number of benzene rings is 1. The number of nitrogens with one attached hydrogen (secondary N) is 2. The number of ether oxygens (including phenoxy) is 2. The quantitative estimate of drug-likeness (QED) is 0.748. The number of amides is 2. The second-order valence-corrected chi connectivity index (χ2v) is 6.07. The molecule has 24 heavy (non-hydrogen) atoms. The summed E-state index contributed by atoms with van der Waals surface area (Å²) < 4.78 is 11.5. The molecule has 7 nitrogen and oxygen atoms in total. The van der Waals surface area contributed by atoms with Crippen molar-refractivity contribution in [2.24, 2.45) is 0 Å². The smallest absolute Gasteiger partial charge is 0.319 e. The molecular formula is C17H25N3O4. The van der Waals surface area contributed by atoms with E-state index in [2.05, 4.69) is 15.5 Å². The minimum atomic E-state index is -0.752. The summed E-state index contributed by atoms with van der Waals surface area (Å²) in [5.74, 6) is 0. The summed E-state index contributed by atoms with van der Waals surface area (Å²) in [6.45, 7) is 5.98. The lowest BCUT2D eigenvalue weighted by Gasteiger charge is -2.43. The van der Waals surface area contributed by atoms with Gasteiger partial charge in [-0.2, -0.15) is 0 Å². The molecule has 2 aliphatic rings. The zero-order valence-corrected chi connectivity index (χ0v) is 14.0. The number of para-hydroxylation sites is 1. The van der Waals surface area contributed by atoms with Crippen molar-refractivity contribution in [3.8, 4) is 0 Å². The number of aliphatic hydroxyl groups excluding tert-OH is 1. The summed E-state index contributed by atoms with van der Waals surface area (Å²) in [6.07, 6.45) is -1.53. The van der Waals surface area contributed by atoms with Crippen LogP contribution in [0.3, 0.4) is 0 Å². The lowest BCUT2D eigenvalue weighted by Crippen LogP contribution is -2.65. The molecule has 2 aliphatic heterocycles. The second kappa shape index (κ2) is 7.48. The van der Waals surface area contributed by atoms with Crippen molar-refractivity contribution in [3.05, 3.63) is 30.3 Å². The fourth-order valence-electron chi connectivity index (χ4n) is 3.45. The highest BCUT2D eigenvalue weighted by Crippen LogP contribution is 2.31. The van der Waals surface area contributed by atoms with Gasteiger partial charge in [-0.15, -0.1) is 0 Å². The molecule has 0 unspecified atom stereocenters. The molecule has 0 spiro atoms. The normalized spacial score (nSPS) is 31.9. The number of likely N-dealkylation sites (N-methyl/N-ethyl adjacent to an activating group) is 1. The van der Waals surface area contributed by atoms with Crippen LogP contribution < -0.4 is 10.6 Å². The maximum absolute atomic E-state index is 12.3. The van der Waals surface area contributed by atoms with Crippen LogP contribution >= 0.6 is 0 Å². The van der Waals surface area contributed by atoms with E-state index in [1.807, 2.05) is 32.0 Å². The van der Waals surface area contributed by atoms with Crippen molar-refractivity contribution in [1.29, 1.82) is 0 Å². The number of carbonyl (C=O) groups excluding carboxylic acids is 1. The summed E-state index contributed by atoms with van der Waals surface area (Å²) in [5, 5.41) is 16.4. The highest BCUT2D eigenvalue weighted by Gasteiger charge is 2.52. The predicted octanol–water partition coefficient (Wildman–Crippen LogP) is 1.00. The second-order valence-electron chi connectivity index (χ2n) is 6.07. The number of hydrogen-bond acceptors (Lipinski definition) is 5. The van der Waals surface area contributed by atoms with Crippen LogP contribution in [-0.4, -0.2) is 66.3 Å². The third kappa shape index (κ3) is 3.39. The summed E-state index contributed by atoms with van der Waals surface area (Å²) >= 11 is 0. The highest BCUT2D eigenvalue weighted by molar-refractivity contribution is 5.89. The van der Waals surface area contributed by atoms with Crippen LogP contribution in [0, 0.1) is 0 Å². The first kappa shape index (κ1) is 17.2. The molecule has 2 saturated heterocycles. The van der Waals surface area contributed by atoms with Gasteiger partial charge in [0.2, 0.25) is 0 Å². The maximum atomic E-state index is 12.3. The molecule has 2 bridgehead atoms. The zero-order valence-electron chi connectivity index (χ0n) is 14.0. The number of rotatable bonds is 5. The largest absolute Gasteiger partial charge is 0.389 e. The van der Waals surface area contributed by atoms with Gasteiger partial charge in [0.15, 0.2) is 6.29 Å². The molecule has 1 aromatic carbocycles. The van der Waals surface area contributed by atoms with E-state index < -0.39 is 18.4 Å². The first-order valence-corrected chi connectivity index (χ1v) is 8.45. The molecule has 132 valence electrons. The Bertz CT molecular complexity index is 550. The van der Waals surface area contributed by atoms with Crippen LogP contribution in [0.2, 0.25) is 0 Å². The molecule has 3 rings (SSSR count). The van der Waals surface area contributed by atoms with Gasteiger partial charge in [0.05, 0.1) is 24.8 Å². The highest BCUT2D eigenvalue weighted by atomic mass is 16.7. The molecule has 0 radical (unpaired) electrons. The van der Waals surface area contributed by atoms with Gasteiger partial charge in [0, 0.05) is 5.69 Å². The number of hydrogen-bond donors (Lipinski definition) is 3. The van der Waals surface area contributed by atoms with Crippen molar-refractivity contribution in [2.45, 2.75) is 44.4 Å². The average molecular weight is 335 g/mol. The lowest BCUT2D eigenvalue weighted by atomic mass is 9.95. The Kier molecular flexibility index (Phi) is 5.35. The Balaban J connectivity index is 1.68. The lowest BCUT2D eigenvalue weighted by molar-refractivity contribution is -0.179. The van der Waals surface area contributed by atoms with Crippen molar-refractivity contribution in [2.75, 3.05) is 25.0 Å². The van der Waals surface area contributed by atoms with Gasteiger partial charge in [0.1, 0.15) is 6.10 Å². The van der Waals surface area contributed by atoms with Gasteiger partial charge in [-0.1, -0.05) is 32.0 Å². The van der Waals surface area contributed by atoms with E-state index in [0.29, 0.717) is 12.3 Å². The Labute approximate surface area is 141 Å². The molecule has 0 aliphatic carbocycles. The molecule has 2 heterocycles. The number of nitrogens with zero attached hydrogens (tertiary/aromatic N) is 1. The zero-order chi connectivity index (χ0) is 17.1. The maximum Gasteiger partial charge on any atom is 0.319 e. The SMILES string of the molecule is CCN(CC)[C@H]1[C@@H]2OC[C@@H](O2)[C@@H](NC(=O)Nc2ccccc2)[C@@H]1O. The van der Waals surface area contributed by atoms with Crippen LogP contribution in [0.15, 0.2) is 30.3 Å². The fourth-order valence-corrected chi connectivity index (χ4v) is 3.45. The van der Waals surface area contributed by atoms with Crippen LogP contribution in [0.25, 0.3) is 0 Å². The predicted molar refractivity (Wildman–Crippen MR) is 89.7 cm³/mol. The molecular weight excluding hydrogens is 310 g/mol. The molecule has 0 aromatic heterocycles. The summed E-state index contributed by atoms with van der Waals surface area (Å²) in [6, 6.07) is 8.02. The van der Waals surface area contributed by atoms with Crippen LogP contribution in [0.5, 0.6) is 0 Å². The summed E-state index contributed by atoms with van der Waals surface area (Å²) in [4.78, 5) is 14.4. The molecule has 1 aromatic rings. The van der Waals surface area contributed by atoms with Crippen molar-refractivity contribution in [3.63, 3.8) is 0 Å². The van der Waals surface area contributed by atoms with Crippen LogP contribution in [0.4, 0.5) is 10.5 Å². The molecule has 2 fully saturated rings. The first-order chi connectivity index (χ1) is 11.6. The Morgan fingerprint density at radius 3 is 2.67 bits per heavy atom. The van der Waals surface area contributed by atoms with Gasteiger partial charge in [-0.3, -0.25) is 4.90 Å². The minimum absolute atomic E-state index is 0.291. The molecule has 7 heteroatoms. The van der Waals surface area contributed by atoms with E-state index in [1.165, 1.54) is 0 Å². The number of fused-ring (bicyclic) bond motifs is 2. The van der Waals surface area contributed by atoms with Gasteiger partial charge in [0.25, 0.3) is 0 Å². The van der Waals surface area contributed by atoms with E-state index in [-0.39, 0.29) is 18.2 Å². The van der Waals surface area contributed by atoms with Gasteiger partial charge in [-0.25, -0.2) is 4.79 Å². The minimum Gasteiger partial charge on any atom is -0.389 e. The standard InChI is InChI=1S/C17H25N3O4/c1-3-20(4-2)14-15(21)13(12-10-23-16(14)24-12)19-17(22)18-11-8-6-5-7-9-11/h5-9,12-16,21H,3-4,10H2,1-2H3,(H2,18,19,22)/t12-,13-,14-,15+,16-/m1/s1. The van der Waals surface area contributed by atoms with Crippen LogP contribution in [-0.2, 0) is 9.47 Å². The number of carbonyl (C=O) groups is 1. The summed E-state index contributed by atoms with van der Waals surface area (Å²) in [7, 11) is 0. The molecule has 2 amide bonds. The number of urea groups is 1. The monoisotopic (exact) mass is 335 g/mol. The van der Waals surface area contributed by atoms with Crippen LogP contribution in [0.1, 0.15) is 13.8 Å². The fraction of sp³-hybridized carbons (Fsp3) is 0.588. The van der Waals surface area contributed by atoms with Crippen molar-refractivity contribution < 1.29 is 19.4 Å². The topological polar surface area (TPSA) is 83.1 Å². The molecule has 0 saturated carbocycles. The van der Waals surface area contributed by atoms with Gasteiger partial charge in [-0.05, 0) is 25.2 Å². The van der Waals surface area contributed by atoms with Gasteiger partial charge >= 0.3 is 6.03 Å². The Morgan fingerprint density at radius 1 is 1.29 bits per heavy atom.